The Bertz CT molecular complexity index is 442. The summed E-state index contributed by atoms with van der Waals surface area (Å²) in [5.41, 5.74) is 3.40. The molecule has 2 N–H and O–H groups in total. The fourth-order valence-corrected chi connectivity index (χ4v) is 2.30. The first-order chi connectivity index (χ1) is 7.88. The molecule has 0 unspecified atom stereocenters. The molecule has 1 aromatic carbocycles. The minimum absolute atomic E-state index is 0. The van der Waals surface area contributed by atoms with Crippen molar-refractivity contribution in [3.63, 3.8) is 0 Å². The maximum Gasteiger partial charge on any atom is 0.200 e. The second kappa shape index (κ2) is 5.01. The monoisotopic (exact) mass is 287 g/mol. The van der Waals surface area contributed by atoms with Crippen LogP contribution in [0.1, 0.15) is 31.2 Å². The van der Waals surface area contributed by atoms with Crippen molar-refractivity contribution in [1.82, 2.24) is 0 Å². The van der Waals surface area contributed by atoms with E-state index < -0.39 is 40.2 Å². The molecule has 1 nitrogen and oxygen atoms in total. The van der Waals surface area contributed by atoms with Crippen molar-refractivity contribution in [2.75, 3.05) is 0 Å². The Balaban J connectivity index is 0.00000162. The zero-order valence-electron chi connectivity index (χ0n) is 9.20. The van der Waals surface area contributed by atoms with Gasteiger partial charge in [0, 0.05) is 11.1 Å². The number of nitrogens with two attached hydrogens (primary N) is 1. The van der Waals surface area contributed by atoms with Crippen molar-refractivity contribution in [3.8, 4) is 0 Å². The fourth-order valence-electron chi connectivity index (χ4n) is 2.30. The van der Waals surface area contributed by atoms with E-state index in [1.807, 2.05) is 0 Å². The highest BCUT2D eigenvalue weighted by molar-refractivity contribution is 5.85. The lowest BCUT2D eigenvalue weighted by Gasteiger charge is -2.25. The summed E-state index contributed by atoms with van der Waals surface area (Å²) in [6.07, 6.45) is 1.64. The van der Waals surface area contributed by atoms with E-state index in [2.05, 4.69) is 0 Å². The van der Waals surface area contributed by atoms with Crippen LogP contribution in [0.5, 0.6) is 0 Å². The molecule has 1 fully saturated rings. The van der Waals surface area contributed by atoms with Gasteiger partial charge in [-0.2, -0.15) is 0 Å². The van der Waals surface area contributed by atoms with Gasteiger partial charge < -0.3 is 5.73 Å². The van der Waals surface area contributed by atoms with Crippen molar-refractivity contribution < 1.29 is 22.0 Å². The van der Waals surface area contributed by atoms with Gasteiger partial charge in [-0.3, -0.25) is 0 Å². The van der Waals surface area contributed by atoms with Crippen LogP contribution >= 0.6 is 12.4 Å². The summed E-state index contributed by atoms with van der Waals surface area (Å²) >= 11 is 0. The van der Waals surface area contributed by atoms with Gasteiger partial charge in [0.1, 0.15) is 0 Å². The molecule has 0 bridgehead atoms. The van der Waals surface area contributed by atoms with Crippen LogP contribution in [0.15, 0.2) is 0 Å². The minimum atomic E-state index is -2.15. The van der Waals surface area contributed by atoms with E-state index in [9.17, 15) is 22.0 Å². The largest absolute Gasteiger partial charge is 0.321 e. The average molecular weight is 288 g/mol. The third-order valence-corrected chi connectivity index (χ3v) is 3.20. The molecule has 18 heavy (non-hydrogen) atoms. The lowest BCUT2D eigenvalue weighted by atomic mass is 9.88. The molecule has 0 aromatic heterocycles. The first-order valence-electron chi connectivity index (χ1n) is 5.19. The first-order valence-corrected chi connectivity index (χ1v) is 5.19. The molecule has 2 rings (SSSR count). The van der Waals surface area contributed by atoms with E-state index in [4.69, 9.17) is 5.73 Å². The Labute approximate surface area is 107 Å². The summed E-state index contributed by atoms with van der Waals surface area (Å²) in [5, 5.41) is 0. The number of hydrogen-bond acceptors (Lipinski definition) is 1. The third kappa shape index (κ3) is 2.07. The molecule has 102 valence electrons. The zero-order chi connectivity index (χ0) is 12.8. The van der Waals surface area contributed by atoms with Crippen LogP contribution in [-0.4, -0.2) is 0 Å². The van der Waals surface area contributed by atoms with Crippen LogP contribution in [0, 0.1) is 29.1 Å². The van der Waals surface area contributed by atoms with Crippen LogP contribution in [0.2, 0.25) is 0 Å². The van der Waals surface area contributed by atoms with Gasteiger partial charge in [0.2, 0.25) is 5.82 Å². The molecular weight excluding hydrogens is 277 g/mol. The van der Waals surface area contributed by atoms with E-state index in [0.717, 1.165) is 0 Å². The average Bonchev–Trinajstić information content (AvgIpc) is 2.71. The molecule has 0 atom stereocenters. The van der Waals surface area contributed by atoms with E-state index >= 15 is 0 Å². The quantitative estimate of drug-likeness (QED) is 0.477. The normalized spacial score (nSPS) is 17.7. The Hall–Kier alpha value is -0.880. The third-order valence-electron chi connectivity index (χ3n) is 3.20. The lowest BCUT2D eigenvalue weighted by molar-refractivity contribution is 0.334. The van der Waals surface area contributed by atoms with Crippen LogP contribution in [-0.2, 0) is 5.54 Å². The van der Waals surface area contributed by atoms with Crippen LogP contribution in [0.25, 0.3) is 0 Å². The number of benzene rings is 1. The highest BCUT2D eigenvalue weighted by Gasteiger charge is 2.40. The Morgan fingerprint density at radius 3 is 1.44 bits per heavy atom. The highest BCUT2D eigenvalue weighted by atomic mass is 35.5. The molecule has 0 saturated heterocycles. The van der Waals surface area contributed by atoms with Crippen molar-refractivity contribution in [2.24, 2.45) is 5.73 Å². The summed E-state index contributed by atoms with van der Waals surface area (Å²) in [6, 6.07) is 0. The van der Waals surface area contributed by atoms with Gasteiger partial charge in [-0.25, -0.2) is 22.0 Å². The molecule has 0 aliphatic heterocycles. The Kier molecular flexibility index (Phi) is 4.23. The number of hydrogen-bond donors (Lipinski definition) is 1. The predicted molar refractivity (Wildman–Crippen MR) is 57.8 cm³/mol. The van der Waals surface area contributed by atoms with Gasteiger partial charge in [0.15, 0.2) is 23.3 Å². The van der Waals surface area contributed by atoms with Gasteiger partial charge >= 0.3 is 0 Å². The predicted octanol–water partition coefficient (Wildman–Crippen LogP) is 3.53. The minimum Gasteiger partial charge on any atom is -0.321 e. The summed E-state index contributed by atoms with van der Waals surface area (Å²) in [7, 11) is 0. The molecule has 1 saturated carbocycles. The number of halogens is 6. The summed E-state index contributed by atoms with van der Waals surface area (Å²) < 4.78 is 65.9. The number of rotatable bonds is 1. The van der Waals surface area contributed by atoms with Crippen molar-refractivity contribution >= 4 is 12.4 Å². The first kappa shape index (κ1) is 15.2. The van der Waals surface area contributed by atoms with Crippen molar-refractivity contribution in [3.05, 3.63) is 34.6 Å². The van der Waals surface area contributed by atoms with Crippen LogP contribution in [0.4, 0.5) is 22.0 Å². The fraction of sp³-hybridized carbons (Fsp3) is 0.455. The molecule has 0 spiro atoms. The van der Waals surface area contributed by atoms with Crippen molar-refractivity contribution in [1.29, 1.82) is 0 Å². The molecule has 1 aromatic rings. The second-order valence-corrected chi connectivity index (χ2v) is 4.31. The van der Waals surface area contributed by atoms with Crippen LogP contribution < -0.4 is 5.73 Å². The molecule has 0 amide bonds. The Morgan fingerprint density at radius 1 is 0.722 bits per heavy atom. The van der Waals surface area contributed by atoms with Crippen molar-refractivity contribution in [2.45, 2.75) is 31.2 Å². The molecule has 1 aliphatic rings. The van der Waals surface area contributed by atoms with Gasteiger partial charge in [0.25, 0.3) is 0 Å². The van der Waals surface area contributed by atoms with Crippen LogP contribution in [0.3, 0.4) is 0 Å². The van der Waals surface area contributed by atoms with Gasteiger partial charge in [-0.15, -0.1) is 12.4 Å². The highest BCUT2D eigenvalue weighted by Crippen LogP contribution is 2.40. The molecule has 1 aliphatic carbocycles. The van der Waals surface area contributed by atoms with E-state index in [1.165, 1.54) is 0 Å². The van der Waals surface area contributed by atoms with Gasteiger partial charge in [0.05, 0.1) is 0 Å². The maximum absolute atomic E-state index is 13.5. The van der Waals surface area contributed by atoms with E-state index in [1.54, 1.807) is 0 Å². The molecule has 0 radical (unpaired) electrons. The maximum atomic E-state index is 13.5. The van der Waals surface area contributed by atoms with Gasteiger partial charge in [-0.05, 0) is 12.8 Å². The zero-order valence-corrected chi connectivity index (χ0v) is 10.0. The summed E-state index contributed by atoms with van der Waals surface area (Å²) in [4.78, 5) is 0. The Morgan fingerprint density at radius 2 is 1.06 bits per heavy atom. The molecule has 7 heteroatoms. The smallest absolute Gasteiger partial charge is 0.200 e. The standard InChI is InChI=1S/C11H10F5N.ClH/c12-6-5(11(17)3-1-2-4-11)7(13)9(15)10(16)8(6)14;/h1-4,17H2;1H. The topological polar surface area (TPSA) is 26.0 Å². The molecular formula is C11H11ClF5N. The second-order valence-electron chi connectivity index (χ2n) is 4.31. The SMILES string of the molecule is Cl.NC1(c2c(F)c(F)c(F)c(F)c2F)CCCC1. The summed E-state index contributed by atoms with van der Waals surface area (Å²) in [5.74, 6) is -9.65. The molecule has 0 heterocycles. The van der Waals surface area contributed by atoms with E-state index in [0.29, 0.717) is 12.8 Å². The summed E-state index contributed by atoms with van der Waals surface area (Å²) in [6.45, 7) is 0. The van der Waals surface area contributed by atoms with E-state index in [-0.39, 0.29) is 25.2 Å². The van der Waals surface area contributed by atoms with Gasteiger partial charge in [-0.1, -0.05) is 12.8 Å². The lowest BCUT2D eigenvalue weighted by Crippen LogP contribution is -2.36.